The number of amides is 1. The van der Waals surface area contributed by atoms with Gasteiger partial charge in [0.1, 0.15) is 0 Å². The fourth-order valence-electron chi connectivity index (χ4n) is 3.65. The van der Waals surface area contributed by atoms with Gasteiger partial charge in [0.05, 0.1) is 12.7 Å². The highest BCUT2D eigenvalue weighted by Crippen LogP contribution is 2.34. The average Bonchev–Trinajstić information content (AvgIpc) is 2.71. The van der Waals surface area contributed by atoms with Crippen LogP contribution in [0.2, 0.25) is 0 Å². The minimum Gasteiger partial charge on any atom is -0.325 e. The number of hydrogen-bond donors (Lipinski definition) is 1. The summed E-state index contributed by atoms with van der Waals surface area (Å²) in [7, 11) is 0. The number of nitrogens with zero attached hydrogens (tertiary/aromatic N) is 1. The molecule has 1 aliphatic heterocycles. The van der Waals surface area contributed by atoms with Gasteiger partial charge in [-0.25, -0.2) is 0 Å². The summed E-state index contributed by atoms with van der Waals surface area (Å²) in [5.41, 5.74) is 0. The summed E-state index contributed by atoms with van der Waals surface area (Å²) >= 11 is 0. The van der Waals surface area contributed by atoms with E-state index in [9.17, 15) is 4.79 Å². The molecular weight excluding hydrogens is 224 g/mol. The molecule has 0 aromatic carbocycles. The van der Waals surface area contributed by atoms with E-state index in [0.29, 0.717) is 29.7 Å². The van der Waals surface area contributed by atoms with E-state index >= 15 is 0 Å². The smallest absolute Gasteiger partial charge is 0.241 e. The van der Waals surface area contributed by atoms with Crippen LogP contribution in [0.5, 0.6) is 0 Å². The Morgan fingerprint density at radius 1 is 1.11 bits per heavy atom. The highest BCUT2D eigenvalue weighted by atomic mass is 16.2. The Morgan fingerprint density at radius 3 is 2.33 bits per heavy atom. The number of carbonyl (C=O) groups excluding carboxylic acids is 1. The third-order valence-corrected chi connectivity index (χ3v) is 4.74. The quantitative estimate of drug-likeness (QED) is 0.837. The first-order valence-corrected chi connectivity index (χ1v) is 7.56. The summed E-state index contributed by atoms with van der Waals surface area (Å²) in [6.45, 7) is 9.61. The van der Waals surface area contributed by atoms with Gasteiger partial charge in [-0.15, -0.1) is 0 Å². The summed E-state index contributed by atoms with van der Waals surface area (Å²) < 4.78 is 0. The second-order valence-electron chi connectivity index (χ2n) is 6.65. The van der Waals surface area contributed by atoms with E-state index in [-0.39, 0.29) is 6.04 Å². The lowest BCUT2D eigenvalue weighted by molar-refractivity contribution is -0.133. The van der Waals surface area contributed by atoms with Gasteiger partial charge in [0.2, 0.25) is 5.91 Å². The van der Waals surface area contributed by atoms with Gasteiger partial charge in [0.15, 0.2) is 0 Å². The predicted molar refractivity (Wildman–Crippen MR) is 74.1 cm³/mol. The summed E-state index contributed by atoms with van der Waals surface area (Å²) in [6.07, 6.45) is 5.10. The fraction of sp³-hybridized carbons (Fsp3) is 0.933. The molecule has 1 amide bonds. The molecule has 0 spiro atoms. The number of rotatable bonds is 3. The Balaban J connectivity index is 2.08. The Bertz CT molecular complexity index is 301. The van der Waals surface area contributed by atoms with Crippen LogP contribution in [-0.2, 0) is 4.79 Å². The SMILES string of the molecule is CC(C)C1NCN(C2CCCCC2C(C)C)C1=O. The van der Waals surface area contributed by atoms with Crippen LogP contribution in [0, 0.1) is 17.8 Å². The van der Waals surface area contributed by atoms with E-state index in [4.69, 9.17) is 0 Å². The third kappa shape index (κ3) is 2.56. The normalized spacial score (nSPS) is 33.8. The highest BCUT2D eigenvalue weighted by molar-refractivity contribution is 5.84. The number of nitrogens with one attached hydrogen (secondary N) is 1. The lowest BCUT2D eigenvalue weighted by Gasteiger charge is -2.40. The molecular formula is C15H28N2O. The van der Waals surface area contributed by atoms with E-state index < -0.39 is 0 Å². The van der Waals surface area contributed by atoms with Gasteiger partial charge >= 0.3 is 0 Å². The standard InChI is InChI=1S/C15H28N2O/c1-10(2)12-7-5-6-8-13(12)17-9-16-14(11(3)4)15(17)18/h10-14,16H,5-9H2,1-4H3. The first-order valence-electron chi connectivity index (χ1n) is 7.56. The summed E-state index contributed by atoms with van der Waals surface area (Å²) in [5, 5.41) is 3.39. The maximum atomic E-state index is 12.5. The molecule has 104 valence electrons. The molecule has 1 aliphatic carbocycles. The van der Waals surface area contributed by atoms with Gasteiger partial charge in [0.25, 0.3) is 0 Å². The molecule has 1 saturated heterocycles. The first-order chi connectivity index (χ1) is 8.52. The maximum absolute atomic E-state index is 12.5. The van der Waals surface area contributed by atoms with Gasteiger partial charge in [-0.1, -0.05) is 40.5 Å². The molecule has 0 radical (unpaired) electrons. The second kappa shape index (κ2) is 5.60. The molecule has 1 heterocycles. The molecule has 2 aliphatic rings. The summed E-state index contributed by atoms with van der Waals surface area (Å²) in [6, 6.07) is 0.516. The zero-order chi connectivity index (χ0) is 13.3. The molecule has 2 fully saturated rings. The molecule has 3 nitrogen and oxygen atoms in total. The Hall–Kier alpha value is -0.570. The molecule has 3 unspecified atom stereocenters. The van der Waals surface area contributed by atoms with E-state index in [0.717, 1.165) is 6.67 Å². The monoisotopic (exact) mass is 252 g/mol. The van der Waals surface area contributed by atoms with Gasteiger partial charge < -0.3 is 4.90 Å². The van der Waals surface area contributed by atoms with Crippen molar-refractivity contribution in [2.45, 2.75) is 65.5 Å². The van der Waals surface area contributed by atoms with Crippen molar-refractivity contribution in [3.05, 3.63) is 0 Å². The van der Waals surface area contributed by atoms with Crippen molar-refractivity contribution >= 4 is 5.91 Å². The number of carbonyl (C=O) groups is 1. The van der Waals surface area contributed by atoms with E-state index in [1.807, 2.05) is 0 Å². The molecule has 2 rings (SSSR count). The van der Waals surface area contributed by atoms with Gasteiger partial charge in [-0.05, 0) is 30.6 Å². The van der Waals surface area contributed by atoms with Gasteiger partial charge in [-0.2, -0.15) is 0 Å². The molecule has 0 aromatic rings. The Kier molecular flexibility index (Phi) is 4.31. The van der Waals surface area contributed by atoms with Crippen molar-refractivity contribution < 1.29 is 4.79 Å². The average molecular weight is 252 g/mol. The van der Waals surface area contributed by atoms with E-state index in [1.54, 1.807) is 0 Å². The van der Waals surface area contributed by atoms with Gasteiger partial charge in [0, 0.05) is 6.04 Å². The zero-order valence-electron chi connectivity index (χ0n) is 12.3. The van der Waals surface area contributed by atoms with Crippen molar-refractivity contribution in [2.24, 2.45) is 17.8 Å². The second-order valence-corrected chi connectivity index (χ2v) is 6.65. The van der Waals surface area contributed by atoms with E-state index in [2.05, 4.69) is 37.9 Å². The van der Waals surface area contributed by atoms with Crippen LogP contribution < -0.4 is 5.32 Å². The van der Waals surface area contributed by atoms with Crippen LogP contribution in [0.4, 0.5) is 0 Å². The van der Waals surface area contributed by atoms with Crippen LogP contribution in [0.25, 0.3) is 0 Å². The summed E-state index contributed by atoms with van der Waals surface area (Å²) in [4.78, 5) is 14.6. The van der Waals surface area contributed by atoms with Crippen LogP contribution in [0.15, 0.2) is 0 Å². The topological polar surface area (TPSA) is 32.3 Å². The van der Waals surface area contributed by atoms with Crippen molar-refractivity contribution in [1.82, 2.24) is 10.2 Å². The fourth-order valence-corrected chi connectivity index (χ4v) is 3.65. The molecule has 0 bridgehead atoms. The third-order valence-electron chi connectivity index (χ3n) is 4.74. The predicted octanol–water partition coefficient (Wildman–Crippen LogP) is 2.62. The Morgan fingerprint density at radius 2 is 1.78 bits per heavy atom. The van der Waals surface area contributed by atoms with Crippen molar-refractivity contribution in [2.75, 3.05) is 6.67 Å². The van der Waals surface area contributed by atoms with E-state index in [1.165, 1.54) is 25.7 Å². The minimum atomic E-state index is 0.0414. The van der Waals surface area contributed by atoms with Crippen LogP contribution in [0.1, 0.15) is 53.4 Å². The minimum absolute atomic E-state index is 0.0414. The highest BCUT2D eigenvalue weighted by Gasteiger charge is 2.41. The zero-order valence-corrected chi connectivity index (χ0v) is 12.3. The molecule has 1 saturated carbocycles. The van der Waals surface area contributed by atoms with Crippen LogP contribution >= 0.6 is 0 Å². The van der Waals surface area contributed by atoms with Crippen molar-refractivity contribution in [3.63, 3.8) is 0 Å². The number of hydrogen-bond acceptors (Lipinski definition) is 2. The first kappa shape index (κ1) is 13.9. The lowest BCUT2D eigenvalue weighted by atomic mass is 9.77. The van der Waals surface area contributed by atoms with Crippen molar-refractivity contribution in [3.8, 4) is 0 Å². The van der Waals surface area contributed by atoms with Crippen molar-refractivity contribution in [1.29, 1.82) is 0 Å². The molecule has 3 atom stereocenters. The Labute approximate surface area is 111 Å². The van der Waals surface area contributed by atoms with Gasteiger partial charge in [-0.3, -0.25) is 10.1 Å². The maximum Gasteiger partial charge on any atom is 0.241 e. The lowest BCUT2D eigenvalue weighted by Crippen LogP contribution is -2.46. The van der Waals surface area contributed by atoms with Crippen LogP contribution in [0.3, 0.4) is 0 Å². The summed E-state index contributed by atoms with van der Waals surface area (Å²) in [5.74, 6) is 2.10. The molecule has 18 heavy (non-hydrogen) atoms. The van der Waals surface area contributed by atoms with Crippen LogP contribution in [-0.4, -0.2) is 29.6 Å². The molecule has 0 aromatic heterocycles. The molecule has 3 heteroatoms. The molecule has 1 N–H and O–H groups in total. The largest absolute Gasteiger partial charge is 0.325 e.